The van der Waals surface area contributed by atoms with Crippen molar-refractivity contribution in [2.24, 2.45) is 28.6 Å². The van der Waals surface area contributed by atoms with Crippen LogP contribution in [0.4, 0.5) is 0 Å². The molecule has 1 aromatic carbocycles. The van der Waals surface area contributed by atoms with Crippen LogP contribution in [0.2, 0.25) is 0 Å². The van der Waals surface area contributed by atoms with Gasteiger partial charge in [-0.1, -0.05) is 18.2 Å². The van der Waals surface area contributed by atoms with E-state index in [2.05, 4.69) is 10.6 Å². The van der Waals surface area contributed by atoms with Gasteiger partial charge in [-0.3, -0.25) is 14.4 Å². The molecule has 1 spiro atoms. The molecular formula is C23H28N2O4. The highest BCUT2D eigenvalue weighted by Gasteiger charge is 2.80. The van der Waals surface area contributed by atoms with E-state index in [4.69, 9.17) is 0 Å². The van der Waals surface area contributed by atoms with Gasteiger partial charge >= 0.3 is 5.97 Å². The number of hydrogen-bond donors (Lipinski definition) is 3. The average molecular weight is 396 g/mol. The van der Waals surface area contributed by atoms with E-state index < -0.39 is 18.1 Å². The zero-order valence-electron chi connectivity index (χ0n) is 16.7. The number of carboxylic acid groups (broad SMARTS) is 1. The lowest BCUT2D eigenvalue weighted by atomic mass is 9.69. The molecule has 29 heavy (non-hydrogen) atoms. The summed E-state index contributed by atoms with van der Waals surface area (Å²) in [5.41, 5.74) is 0.451. The van der Waals surface area contributed by atoms with Gasteiger partial charge in [0.1, 0.15) is 12.1 Å². The Balaban J connectivity index is 1.46. The summed E-state index contributed by atoms with van der Waals surface area (Å²) in [5, 5.41) is 14.9. The quantitative estimate of drug-likeness (QED) is 0.689. The zero-order valence-corrected chi connectivity index (χ0v) is 16.7. The topological polar surface area (TPSA) is 95.5 Å². The SMILES string of the molecule is CC(NC(=O)[C@@H](NC(=O)c1ccccc1)C12CC3CC4CCC1(C2)C4C3)C(=O)O. The highest BCUT2D eigenvalue weighted by Crippen LogP contribution is 2.84. The number of aliphatic carboxylic acids is 1. The van der Waals surface area contributed by atoms with Gasteiger partial charge in [0, 0.05) is 11.0 Å². The summed E-state index contributed by atoms with van der Waals surface area (Å²) < 4.78 is 0. The Hall–Kier alpha value is -2.37. The van der Waals surface area contributed by atoms with Gasteiger partial charge in [-0.15, -0.1) is 0 Å². The predicted octanol–water partition coefficient (Wildman–Crippen LogP) is 2.59. The van der Waals surface area contributed by atoms with Crippen LogP contribution in [-0.2, 0) is 9.59 Å². The molecule has 2 bridgehead atoms. The van der Waals surface area contributed by atoms with Crippen molar-refractivity contribution < 1.29 is 19.5 Å². The molecule has 2 amide bonds. The highest BCUT2D eigenvalue weighted by atomic mass is 16.4. The summed E-state index contributed by atoms with van der Waals surface area (Å²) in [6.07, 6.45) is 6.82. The van der Waals surface area contributed by atoms with Gasteiger partial charge in [0.05, 0.1) is 0 Å². The second-order valence-electron chi connectivity index (χ2n) is 9.78. The van der Waals surface area contributed by atoms with Crippen LogP contribution in [0.3, 0.4) is 0 Å². The first kappa shape index (κ1) is 18.6. The Morgan fingerprint density at radius 2 is 1.90 bits per heavy atom. The monoisotopic (exact) mass is 396 g/mol. The molecule has 0 saturated heterocycles. The maximum Gasteiger partial charge on any atom is 0.325 e. The van der Waals surface area contributed by atoms with E-state index in [-0.39, 0.29) is 22.6 Å². The average Bonchev–Trinajstić information content (AvgIpc) is 3.01. The summed E-state index contributed by atoms with van der Waals surface area (Å²) in [4.78, 5) is 37.5. The molecule has 4 aliphatic carbocycles. The Morgan fingerprint density at radius 3 is 2.62 bits per heavy atom. The van der Waals surface area contributed by atoms with Gasteiger partial charge in [0.15, 0.2) is 0 Å². The zero-order chi connectivity index (χ0) is 20.4. The number of rotatable bonds is 6. The first-order valence-corrected chi connectivity index (χ1v) is 10.8. The normalized spacial score (nSPS) is 37.9. The molecule has 6 nitrogen and oxygen atoms in total. The van der Waals surface area contributed by atoms with Crippen molar-refractivity contribution in [1.29, 1.82) is 0 Å². The predicted molar refractivity (Wildman–Crippen MR) is 106 cm³/mol. The number of carboxylic acids is 1. The van der Waals surface area contributed by atoms with E-state index >= 15 is 0 Å². The fraction of sp³-hybridized carbons (Fsp3) is 0.609. The van der Waals surface area contributed by atoms with Crippen LogP contribution < -0.4 is 10.6 Å². The van der Waals surface area contributed by atoms with Crippen LogP contribution in [0.5, 0.6) is 0 Å². The second kappa shape index (κ2) is 6.31. The fourth-order valence-corrected chi connectivity index (χ4v) is 7.30. The van der Waals surface area contributed by atoms with Crippen molar-refractivity contribution >= 4 is 17.8 Å². The maximum absolute atomic E-state index is 13.3. The third-order valence-electron chi connectivity index (χ3n) is 8.47. The van der Waals surface area contributed by atoms with Crippen molar-refractivity contribution in [2.75, 3.05) is 0 Å². The lowest BCUT2D eigenvalue weighted by Gasteiger charge is -2.38. The van der Waals surface area contributed by atoms with Crippen LogP contribution in [0, 0.1) is 28.6 Å². The molecule has 0 aromatic heterocycles. The Bertz CT molecular complexity index is 871. The number of hydrogen-bond acceptors (Lipinski definition) is 3. The molecule has 4 aliphatic rings. The summed E-state index contributed by atoms with van der Waals surface area (Å²) >= 11 is 0. The molecule has 7 atom stereocenters. The van der Waals surface area contributed by atoms with Crippen LogP contribution in [0.1, 0.15) is 55.8 Å². The minimum atomic E-state index is -1.07. The number of benzene rings is 1. The third kappa shape index (κ3) is 2.64. The van der Waals surface area contributed by atoms with Crippen molar-refractivity contribution in [2.45, 2.75) is 57.5 Å². The molecule has 4 fully saturated rings. The third-order valence-corrected chi connectivity index (χ3v) is 8.47. The lowest BCUT2D eigenvalue weighted by Crippen LogP contribution is -2.57. The van der Waals surface area contributed by atoms with E-state index in [1.165, 1.54) is 26.2 Å². The van der Waals surface area contributed by atoms with Gasteiger partial charge in [0.2, 0.25) is 5.91 Å². The molecule has 6 heteroatoms. The summed E-state index contributed by atoms with van der Waals surface area (Å²) in [5.74, 6) is 0.377. The molecule has 4 saturated carbocycles. The molecular weight excluding hydrogens is 368 g/mol. The minimum Gasteiger partial charge on any atom is -0.480 e. The Labute approximate surface area is 170 Å². The first-order valence-electron chi connectivity index (χ1n) is 10.8. The van der Waals surface area contributed by atoms with E-state index in [1.807, 2.05) is 6.07 Å². The molecule has 5 rings (SSSR count). The van der Waals surface area contributed by atoms with Gasteiger partial charge in [-0.25, -0.2) is 0 Å². The Kier molecular flexibility index (Phi) is 4.06. The summed E-state index contributed by atoms with van der Waals surface area (Å²) in [7, 11) is 0. The molecule has 3 N–H and O–H groups in total. The second-order valence-corrected chi connectivity index (χ2v) is 9.78. The lowest BCUT2D eigenvalue weighted by molar-refractivity contribution is -0.142. The highest BCUT2D eigenvalue weighted by molar-refractivity contribution is 5.98. The van der Waals surface area contributed by atoms with Gasteiger partial charge in [-0.05, 0) is 80.8 Å². The Morgan fingerprint density at radius 1 is 1.14 bits per heavy atom. The smallest absolute Gasteiger partial charge is 0.325 e. The fourth-order valence-electron chi connectivity index (χ4n) is 7.30. The summed E-state index contributed by atoms with van der Waals surface area (Å²) in [6.45, 7) is 1.47. The van der Waals surface area contributed by atoms with Gasteiger partial charge in [0.25, 0.3) is 5.91 Å². The van der Waals surface area contributed by atoms with Crippen molar-refractivity contribution in [3.63, 3.8) is 0 Å². The van der Waals surface area contributed by atoms with Crippen molar-refractivity contribution in [1.82, 2.24) is 10.6 Å². The molecule has 0 heterocycles. The maximum atomic E-state index is 13.3. The molecule has 0 aliphatic heterocycles. The number of amides is 2. The van der Waals surface area contributed by atoms with Crippen LogP contribution in [0.25, 0.3) is 0 Å². The van der Waals surface area contributed by atoms with E-state index in [0.717, 1.165) is 25.2 Å². The van der Waals surface area contributed by atoms with Crippen LogP contribution >= 0.6 is 0 Å². The van der Waals surface area contributed by atoms with Gasteiger partial charge < -0.3 is 15.7 Å². The van der Waals surface area contributed by atoms with E-state index in [9.17, 15) is 19.5 Å². The minimum absolute atomic E-state index is 0.156. The first-order chi connectivity index (χ1) is 13.9. The molecule has 0 radical (unpaired) electrons. The number of carbonyl (C=O) groups excluding carboxylic acids is 2. The number of nitrogens with one attached hydrogen (secondary N) is 2. The van der Waals surface area contributed by atoms with Crippen LogP contribution in [-0.4, -0.2) is 35.0 Å². The van der Waals surface area contributed by atoms with Gasteiger partial charge in [-0.2, -0.15) is 0 Å². The standard InChI is InChI=1S/C23H28N2O4/c1-13(21(28)29)24-20(27)18(25-19(26)15-5-3-2-4-6-15)23-11-14-9-16-7-8-22(23,12-23)17(16)10-14/h2-6,13-14,16-18H,7-12H2,1H3,(H,24,27)(H,25,26)(H,28,29)/t13?,14?,16?,17?,18-,22?,23?/m1/s1. The number of fused-ring (bicyclic) bond motifs is 1. The molecule has 6 unspecified atom stereocenters. The van der Waals surface area contributed by atoms with Crippen molar-refractivity contribution in [3.05, 3.63) is 35.9 Å². The van der Waals surface area contributed by atoms with E-state index in [0.29, 0.717) is 17.4 Å². The van der Waals surface area contributed by atoms with Crippen molar-refractivity contribution in [3.8, 4) is 0 Å². The van der Waals surface area contributed by atoms with Crippen LogP contribution in [0.15, 0.2) is 30.3 Å². The number of carbonyl (C=O) groups is 3. The van der Waals surface area contributed by atoms with E-state index in [1.54, 1.807) is 24.3 Å². The largest absolute Gasteiger partial charge is 0.480 e. The molecule has 154 valence electrons. The summed E-state index contributed by atoms with van der Waals surface area (Å²) in [6, 6.07) is 7.26. The molecule has 1 aromatic rings.